The van der Waals surface area contributed by atoms with E-state index in [1.165, 1.54) is 4.72 Å². The number of hydrogen-bond donors (Lipinski definition) is 3. The number of carbonyl (C=O) groups excluding carboxylic acids is 1. The first-order valence-corrected chi connectivity index (χ1v) is 4.74. The first-order chi connectivity index (χ1) is 6.26. The minimum atomic E-state index is -4.64. The standard InChI is InChI=1S/C5H9NO7S/c1-13-5(9)3(2-4(7)8)6-14(10,11)12/h3,6H,2H2,1H3,(H,7,8)(H,10,11,12)/t3-/m0/s1. The Morgan fingerprint density at radius 1 is 1.50 bits per heavy atom. The van der Waals surface area contributed by atoms with Crippen molar-refractivity contribution in [1.82, 2.24) is 4.72 Å². The molecular formula is C5H9NO7S. The van der Waals surface area contributed by atoms with Gasteiger partial charge in [0.05, 0.1) is 13.5 Å². The number of carbonyl (C=O) groups is 2. The summed E-state index contributed by atoms with van der Waals surface area (Å²) in [5, 5.41) is 8.30. The van der Waals surface area contributed by atoms with Gasteiger partial charge in [0.25, 0.3) is 0 Å². The van der Waals surface area contributed by atoms with Gasteiger partial charge in [-0.15, -0.1) is 0 Å². The largest absolute Gasteiger partial charge is 0.481 e. The lowest BCUT2D eigenvalue weighted by molar-refractivity contribution is -0.147. The van der Waals surface area contributed by atoms with E-state index in [-0.39, 0.29) is 0 Å². The van der Waals surface area contributed by atoms with Gasteiger partial charge in [-0.1, -0.05) is 0 Å². The van der Waals surface area contributed by atoms with Crippen LogP contribution in [0.25, 0.3) is 0 Å². The summed E-state index contributed by atoms with van der Waals surface area (Å²) in [6, 6.07) is -1.63. The first-order valence-electron chi connectivity index (χ1n) is 3.30. The minimum absolute atomic E-state index is 0.813. The van der Waals surface area contributed by atoms with Gasteiger partial charge in [-0.05, 0) is 0 Å². The molecule has 0 amide bonds. The molecule has 0 saturated carbocycles. The van der Waals surface area contributed by atoms with E-state index in [0.717, 1.165) is 7.11 Å². The molecule has 0 aliphatic carbocycles. The highest BCUT2D eigenvalue weighted by atomic mass is 32.2. The zero-order chi connectivity index (χ0) is 11.4. The van der Waals surface area contributed by atoms with Crippen LogP contribution in [0.2, 0.25) is 0 Å². The minimum Gasteiger partial charge on any atom is -0.481 e. The summed E-state index contributed by atoms with van der Waals surface area (Å²) in [6.07, 6.45) is -0.813. The first kappa shape index (κ1) is 12.8. The Balaban J connectivity index is 4.56. The van der Waals surface area contributed by atoms with Crippen molar-refractivity contribution in [2.75, 3.05) is 7.11 Å². The molecule has 0 aromatic rings. The van der Waals surface area contributed by atoms with Crippen molar-refractivity contribution in [2.24, 2.45) is 0 Å². The van der Waals surface area contributed by atoms with Crippen LogP contribution < -0.4 is 4.72 Å². The summed E-state index contributed by atoms with van der Waals surface area (Å²) in [4.78, 5) is 21.0. The van der Waals surface area contributed by atoms with Crippen LogP contribution in [-0.4, -0.2) is 43.2 Å². The second-order valence-corrected chi connectivity index (χ2v) is 3.45. The highest BCUT2D eigenvalue weighted by molar-refractivity contribution is 7.83. The maximum atomic E-state index is 10.8. The van der Waals surface area contributed by atoms with Crippen LogP contribution in [0.1, 0.15) is 6.42 Å². The maximum Gasteiger partial charge on any atom is 0.334 e. The topological polar surface area (TPSA) is 130 Å². The number of carboxylic acids is 1. The summed E-state index contributed by atoms with van der Waals surface area (Å²) < 4.78 is 34.4. The Hall–Kier alpha value is -1.19. The molecule has 0 bridgehead atoms. The van der Waals surface area contributed by atoms with E-state index >= 15 is 0 Å². The van der Waals surface area contributed by atoms with Crippen LogP contribution in [0, 0.1) is 0 Å². The van der Waals surface area contributed by atoms with Crippen molar-refractivity contribution in [1.29, 1.82) is 0 Å². The quantitative estimate of drug-likeness (QED) is 0.380. The third kappa shape index (κ3) is 5.45. The predicted molar refractivity (Wildman–Crippen MR) is 42.7 cm³/mol. The summed E-state index contributed by atoms with van der Waals surface area (Å²) >= 11 is 0. The van der Waals surface area contributed by atoms with Gasteiger partial charge in [0.1, 0.15) is 6.04 Å². The van der Waals surface area contributed by atoms with Gasteiger partial charge >= 0.3 is 22.2 Å². The highest BCUT2D eigenvalue weighted by Gasteiger charge is 2.26. The number of esters is 1. The molecule has 0 aliphatic rings. The summed E-state index contributed by atoms with van der Waals surface area (Å²) in [5.74, 6) is -2.50. The summed E-state index contributed by atoms with van der Waals surface area (Å²) in [5.41, 5.74) is 0. The fraction of sp³-hybridized carbons (Fsp3) is 0.600. The number of aliphatic carboxylic acids is 1. The Morgan fingerprint density at radius 3 is 2.29 bits per heavy atom. The van der Waals surface area contributed by atoms with Crippen LogP contribution in [0.5, 0.6) is 0 Å². The molecule has 8 nitrogen and oxygen atoms in total. The zero-order valence-corrected chi connectivity index (χ0v) is 7.94. The van der Waals surface area contributed by atoms with Crippen molar-refractivity contribution in [3.8, 4) is 0 Å². The highest BCUT2D eigenvalue weighted by Crippen LogP contribution is 1.97. The molecule has 1 atom stereocenters. The second-order valence-electron chi connectivity index (χ2n) is 2.27. The van der Waals surface area contributed by atoms with E-state index in [1.807, 2.05) is 0 Å². The maximum absolute atomic E-state index is 10.8. The summed E-state index contributed by atoms with van der Waals surface area (Å²) in [7, 11) is -3.68. The van der Waals surface area contributed by atoms with Crippen LogP contribution in [0.4, 0.5) is 0 Å². The van der Waals surface area contributed by atoms with E-state index in [0.29, 0.717) is 0 Å². The summed E-state index contributed by atoms with van der Waals surface area (Å²) in [6.45, 7) is 0. The third-order valence-electron chi connectivity index (χ3n) is 1.16. The SMILES string of the molecule is COC(=O)[C@H](CC(=O)O)NS(=O)(=O)O. The Labute approximate surface area is 79.7 Å². The van der Waals surface area contributed by atoms with Gasteiger partial charge in [0.2, 0.25) is 0 Å². The molecule has 0 radical (unpaired) electrons. The van der Waals surface area contributed by atoms with Crippen LogP contribution in [0.15, 0.2) is 0 Å². The molecular weight excluding hydrogens is 218 g/mol. The molecule has 0 unspecified atom stereocenters. The average Bonchev–Trinajstić information content (AvgIpc) is 1.98. The molecule has 0 rings (SSSR count). The number of carboxylic acid groups (broad SMARTS) is 1. The molecule has 0 aromatic heterocycles. The predicted octanol–water partition coefficient (Wildman–Crippen LogP) is -1.60. The molecule has 14 heavy (non-hydrogen) atoms. The number of rotatable bonds is 5. The molecule has 0 aliphatic heterocycles. The molecule has 9 heteroatoms. The lowest BCUT2D eigenvalue weighted by Crippen LogP contribution is -2.42. The molecule has 0 spiro atoms. The van der Waals surface area contributed by atoms with Crippen molar-refractivity contribution in [3.05, 3.63) is 0 Å². The molecule has 82 valence electrons. The van der Waals surface area contributed by atoms with Gasteiger partial charge < -0.3 is 9.84 Å². The van der Waals surface area contributed by atoms with Crippen molar-refractivity contribution < 1.29 is 32.4 Å². The normalized spacial score (nSPS) is 13.3. The average molecular weight is 227 g/mol. The van der Waals surface area contributed by atoms with Crippen LogP contribution in [0.3, 0.4) is 0 Å². The zero-order valence-electron chi connectivity index (χ0n) is 7.13. The van der Waals surface area contributed by atoms with Crippen molar-refractivity contribution in [2.45, 2.75) is 12.5 Å². The van der Waals surface area contributed by atoms with Gasteiger partial charge in [-0.25, -0.2) is 0 Å². The Bertz CT molecular complexity index is 321. The van der Waals surface area contributed by atoms with E-state index in [4.69, 9.17) is 9.66 Å². The third-order valence-corrected chi connectivity index (χ3v) is 1.74. The Kier molecular flexibility index (Phi) is 4.47. The monoisotopic (exact) mass is 227 g/mol. The fourth-order valence-corrected chi connectivity index (χ4v) is 1.21. The lowest BCUT2D eigenvalue weighted by atomic mass is 10.2. The van der Waals surface area contributed by atoms with Crippen LogP contribution in [-0.2, 0) is 24.6 Å². The molecule has 0 saturated heterocycles. The smallest absolute Gasteiger partial charge is 0.334 e. The number of hydrogen-bond acceptors (Lipinski definition) is 5. The molecule has 0 heterocycles. The van der Waals surface area contributed by atoms with Gasteiger partial charge in [0, 0.05) is 0 Å². The number of ether oxygens (including phenoxy) is 1. The molecule has 3 N–H and O–H groups in total. The number of nitrogens with one attached hydrogen (secondary N) is 1. The van der Waals surface area contributed by atoms with E-state index in [2.05, 4.69) is 4.74 Å². The van der Waals surface area contributed by atoms with Gasteiger partial charge in [0.15, 0.2) is 0 Å². The van der Waals surface area contributed by atoms with E-state index in [9.17, 15) is 18.0 Å². The van der Waals surface area contributed by atoms with Crippen LogP contribution >= 0.6 is 0 Å². The lowest BCUT2D eigenvalue weighted by Gasteiger charge is -2.11. The fourth-order valence-electron chi connectivity index (χ4n) is 0.670. The van der Waals surface area contributed by atoms with Gasteiger partial charge in [-0.2, -0.15) is 13.1 Å². The van der Waals surface area contributed by atoms with E-state index in [1.54, 1.807) is 0 Å². The van der Waals surface area contributed by atoms with E-state index < -0.39 is 34.7 Å². The van der Waals surface area contributed by atoms with Crippen molar-refractivity contribution in [3.63, 3.8) is 0 Å². The Morgan fingerprint density at radius 2 is 2.00 bits per heavy atom. The second kappa shape index (κ2) is 4.88. The molecule has 0 aromatic carbocycles. The molecule has 0 fully saturated rings. The van der Waals surface area contributed by atoms with Crippen molar-refractivity contribution >= 4 is 22.2 Å². The number of methoxy groups -OCH3 is 1. The van der Waals surface area contributed by atoms with Gasteiger partial charge in [-0.3, -0.25) is 14.1 Å².